The molecule has 1 aromatic carbocycles. The van der Waals surface area contributed by atoms with Gasteiger partial charge in [0.1, 0.15) is 17.7 Å². The minimum atomic E-state index is -0.588. The van der Waals surface area contributed by atoms with Crippen LogP contribution in [-0.4, -0.2) is 15.5 Å². The van der Waals surface area contributed by atoms with Crippen LogP contribution in [0, 0.1) is 11.7 Å². The summed E-state index contributed by atoms with van der Waals surface area (Å²) in [7, 11) is 1.84. The van der Waals surface area contributed by atoms with E-state index in [2.05, 4.69) is 16.4 Å². The van der Waals surface area contributed by atoms with Gasteiger partial charge in [0.2, 0.25) is 5.91 Å². The molecular weight excluding hydrogens is 293 g/mol. The summed E-state index contributed by atoms with van der Waals surface area (Å²) in [4.78, 5) is 16.9. The average molecular weight is 313 g/mol. The van der Waals surface area contributed by atoms with E-state index in [1.807, 2.05) is 13.1 Å². The Labute approximate surface area is 135 Å². The van der Waals surface area contributed by atoms with Crippen LogP contribution in [0.5, 0.6) is 0 Å². The van der Waals surface area contributed by atoms with E-state index in [0.29, 0.717) is 11.4 Å². The number of nitrogens with one attached hydrogen (secondary N) is 1. The Morgan fingerprint density at radius 1 is 1.39 bits per heavy atom. The van der Waals surface area contributed by atoms with Crippen LogP contribution in [0.4, 0.5) is 4.39 Å². The summed E-state index contributed by atoms with van der Waals surface area (Å²) in [5.74, 6) is 0.166. The Balaban J connectivity index is 1.90. The van der Waals surface area contributed by atoms with E-state index in [9.17, 15) is 9.18 Å². The molecule has 1 aliphatic carbocycles. The number of carbonyl (C=O) groups is 1. The van der Waals surface area contributed by atoms with Crippen LogP contribution in [0.1, 0.15) is 36.7 Å². The monoisotopic (exact) mass is 313 g/mol. The third kappa shape index (κ3) is 3.33. The number of benzene rings is 1. The first-order chi connectivity index (χ1) is 11.2. The van der Waals surface area contributed by atoms with E-state index >= 15 is 0 Å². The molecule has 0 radical (unpaired) electrons. The summed E-state index contributed by atoms with van der Waals surface area (Å²) in [5.41, 5.74) is 0.432. The maximum Gasteiger partial charge on any atom is 0.224 e. The lowest BCUT2D eigenvalue weighted by Crippen LogP contribution is -2.36. The molecule has 0 unspecified atom stereocenters. The average Bonchev–Trinajstić information content (AvgIpc) is 3.00. The SMILES string of the molecule is Cn1ccnc1[C@H](NC(=O)[C@@H]1CC=CCC1)c1ccccc1F. The molecule has 1 N–H and O–H groups in total. The zero-order valence-electron chi connectivity index (χ0n) is 13.1. The molecule has 4 nitrogen and oxygen atoms in total. The van der Waals surface area contributed by atoms with E-state index in [4.69, 9.17) is 0 Å². The van der Waals surface area contributed by atoms with Crippen molar-refractivity contribution in [2.45, 2.75) is 25.3 Å². The van der Waals surface area contributed by atoms with Gasteiger partial charge in [-0.05, 0) is 25.3 Å². The summed E-state index contributed by atoms with van der Waals surface area (Å²) in [5, 5.41) is 2.99. The lowest BCUT2D eigenvalue weighted by molar-refractivity contribution is -0.125. The van der Waals surface area contributed by atoms with E-state index in [0.717, 1.165) is 19.3 Å². The Morgan fingerprint density at radius 3 is 2.87 bits per heavy atom. The molecule has 2 aromatic rings. The molecule has 0 saturated heterocycles. The van der Waals surface area contributed by atoms with Crippen molar-refractivity contribution < 1.29 is 9.18 Å². The normalized spacial score (nSPS) is 18.6. The van der Waals surface area contributed by atoms with Crippen molar-refractivity contribution in [3.8, 4) is 0 Å². The van der Waals surface area contributed by atoms with Crippen molar-refractivity contribution in [2.24, 2.45) is 13.0 Å². The van der Waals surface area contributed by atoms with Gasteiger partial charge in [-0.25, -0.2) is 9.37 Å². The number of halogens is 1. The van der Waals surface area contributed by atoms with Crippen molar-refractivity contribution in [2.75, 3.05) is 0 Å². The number of nitrogens with zero attached hydrogens (tertiary/aromatic N) is 2. The number of aryl methyl sites for hydroxylation is 1. The van der Waals surface area contributed by atoms with Crippen molar-refractivity contribution in [3.63, 3.8) is 0 Å². The number of aromatic nitrogens is 2. The molecule has 0 fully saturated rings. The van der Waals surface area contributed by atoms with Crippen LogP contribution < -0.4 is 5.32 Å². The lowest BCUT2D eigenvalue weighted by atomic mass is 9.93. The van der Waals surface area contributed by atoms with Gasteiger partial charge in [0, 0.05) is 30.9 Å². The topological polar surface area (TPSA) is 46.9 Å². The Morgan fingerprint density at radius 2 is 2.22 bits per heavy atom. The van der Waals surface area contributed by atoms with Crippen LogP contribution in [0.2, 0.25) is 0 Å². The zero-order chi connectivity index (χ0) is 16.2. The van der Waals surface area contributed by atoms with E-state index in [1.54, 1.807) is 35.2 Å². The Bertz CT molecular complexity index is 723. The number of rotatable bonds is 4. The number of allylic oxidation sites excluding steroid dienone is 2. The second-order valence-electron chi connectivity index (χ2n) is 5.84. The van der Waals surface area contributed by atoms with Crippen LogP contribution in [0.15, 0.2) is 48.8 Å². The summed E-state index contributed by atoms with van der Waals surface area (Å²) >= 11 is 0. The van der Waals surface area contributed by atoms with Crippen molar-refractivity contribution in [1.82, 2.24) is 14.9 Å². The first-order valence-corrected chi connectivity index (χ1v) is 7.84. The highest BCUT2D eigenvalue weighted by Crippen LogP contribution is 2.25. The molecule has 5 heteroatoms. The molecule has 1 heterocycles. The Hall–Kier alpha value is -2.43. The summed E-state index contributed by atoms with van der Waals surface area (Å²) < 4.78 is 16.1. The highest BCUT2D eigenvalue weighted by atomic mass is 19.1. The molecule has 23 heavy (non-hydrogen) atoms. The fourth-order valence-corrected chi connectivity index (χ4v) is 2.94. The van der Waals surface area contributed by atoms with Crippen LogP contribution in [0.3, 0.4) is 0 Å². The minimum Gasteiger partial charge on any atom is -0.342 e. The number of hydrogen-bond acceptors (Lipinski definition) is 2. The van der Waals surface area contributed by atoms with Gasteiger partial charge in [-0.2, -0.15) is 0 Å². The highest BCUT2D eigenvalue weighted by Gasteiger charge is 2.27. The molecule has 1 amide bonds. The summed E-state index contributed by atoms with van der Waals surface area (Å²) in [6.45, 7) is 0. The molecular formula is C18H20FN3O. The summed E-state index contributed by atoms with van der Waals surface area (Å²) in [6, 6.07) is 5.91. The van der Waals surface area contributed by atoms with Crippen molar-refractivity contribution in [1.29, 1.82) is 0 Å². The maximum absolute atomic E-state index is 14.3. The minimum absolute atomic E-state index is 0.0504. The van der Waals surface area contributed by atoms with E-state index in [1.165, 1.54) is 6.07 Å². The third-order valence-corrected chi connectivity index (χ3v) is 4.26. The van der Waals surface area contributed by atoms with Gasteiger partial charge >= 0.3 is 0 Å². The fourth-order valence-electron chi connectivity index (χ4n) is 2.94. The maximum atomic E-state index is 14.3. The van der Waals surface area contributed by atoms with Crippen molar-refractivity contribution in [3.05, 3.63) is 66.0 Å². The lowest BCUT2D eigenvalue weighted by Gasteiger charge is -2.23. The quantitative estimate of drug-likeness (QED) is 0.882. The smallest absolute Gasteiger partial charge is 0.224 e. The van der Waals surface area contributed by atoms with E-state index < -0.39 is 6.04 Å². The van der Waals surface area contributed by atoms with Crippen LogP contribution in [0.25, 0.3) is 0 Å². The van der Waals surface area contributed by atoms with Gasteiger partial charge < -0.3 is 9.88 Å². The molecule has 1 aromatic heterocycles. The molecule has 0 aliphatic heterocycles. The second kappa shape index (κ2) is 6.77. The van der Waals surface area contributed by atoms with E-state index in [-0.39, 0.29) is 17.6 Å². The van der Waals surface area contributed by atoms with Gasteiger partial charge in [0.25, 0.3) is 0 Å². The molecule has 0 spiro atoms. The first-order valence-electron chi connectivity index (χ1n) is 7.84. The molecule has 3 rings (SSSR count). The van der Waals surface area contributed by atoms with Gasteiger partial charge in [0.05, 0.1) is 0 Å². The molecule has 2 atom stereocenters. The number of hydrogen-bond donors (Lipinski definition) is 1. The van der Waals surface area contributed by atoms with Crippen LogP contribution >= 0.6 is 0 Å². The van der Waals surface area contributed by atoms with Gasteiger partial charge in [-0.1, -0.05) is 30.4 Å². The van der Waals surface area contributed by atoms with Gasteiger partial charge in [-0.15, -0.1) is 0 Å². The largest absolute Gasteiger partial charge is 0.342 e. The Kier molecular flexibility index (Phi) is 4.55. The predicted molar refractivity (Wildman–Crippen MR) is 86.1 cm³/mol. The third-order valence-electron chi connectivity index (χ3n) is 4.26. The zero-order valence-corrected chi connectivity index (χ0v) is 13.1. The number of imidazole rings is 1. The molecule has 120 valence electrons. The summed E-state index contributed by atoms with van der Waals surface area (Å²) in [6.07, 6.45) is 10.0. The van der Waals surface area contributed by atoms with Crippen molar-refractivity contribution >= 4 is 5.91 Å². The van der Waals surface area contributed by atoms with Gasteiger partial charge in [-0.3, -0.25) is 4.79 Å². The standard InChI is InChI=1S/C18H20FN3O/c1-22-12-11-20-17(22)16(14-9-5-6-10-15(14)19)21-18(23)13-7-3-2-4-8-13/h2-3,5-6,9-13,16H,4,7-8H2,1H3,(H,21,23)/t13-,16-/m1/s1. The van der Waals surface area contributed by atoms with Gasteiger partial charge in [0.15, 0.2) is 0 Å². The first kappa shape index (κ1) is 15.5. The fraction of sp³-hybridized carbons (Fsp3) is 0.333. The molecule has 0 bridgehead atoms. The number of amides is 1. The second-order valence-corrected chi connectivity index (χ2v) is 5.84. The molecule has 1 aliphatic rings. The molecule has 0 saturated carbocycles. The number of carbonyl (C=O) groups excluding carboxylic acids is 1. The predicted octanol–water partition coefficient (Wildman–Crippen LogP) is 3.12. The van der Waals surface area contributed by atoms with Crippen LogP contribution in [-0.2, 0) is 11.8 Å². The highest BCUT2D eigenvalue weighted by molar-refractivity contribution is 5.79.